The lowest BCUT2D eigenvalue weighted by Gasteiger charge is -2.37. The van der Waals surface area contributed by atoms with E-state index in [1.807, 2.05) is 12.3 Å². The van der Waals surface area contributed by atoms with Crippen molar-refractivity contribution in [2.75, 3.05) is 13.1 Å². The zero-order chi connectivity index (χ0) is 27.4. The second kappa shape index (κ2) is 12.0. The number of piperidine rings is 1. The standard InChI is InChI=1S/C34H43ClN2O/c1-7-24(19-23(2)3)10-11-26-20-27-21-28(35)12-13-29(27)32(33-30(26)9-8-16-36-33)25-14-17-37(18-15-25)31(38)22-34(4,5)6/h7-9,12-13,16,19-21,24-25,32H,1,10-11,14-15,17-18,22H2,2-6H3. The Labute approximate surface area is 234 Å². The molecular weight excluding hydrogens is 488 g/mol. The number of fused-ring (bicyclic) bond motifs is 2. The molecule has 1 aromatic heterocycles. The number of pyridine rings is 1. The van der Waals surface area contributed by atoms with Crippen molar-refractivity contribution in [1.82, 2.24) is 9.88 Å². The van der Waals surface area contributed by atoms with E-state index in [1.165, 1.54) is 27.8 Å². The maximum absolute atomic E-state index is 12.9. The fourth-order valence-corrected chi connectivity index (χ4v) is 6.24. The van der Waals surface area contributed by atoms with Crippen molar-refractivity contribution < 1.29 is 4.79 Å². The number of carbonyl (C=O) groups excluding carboxylic acids is 1. The molecule has 1 saturated heterocycles. The van der Waals surface area contributed by atoms with E-state index in [4.69, 9.17) is 16.6 Å². The topological polar surface area (TPSA) is 33.2 Å². The predicted molar refractivity (Wildman–Crippen MR) is 161 cm³/mol. The summed E-state index contributed by atoms with van der Waals surface area (Å²) >= 11 is 6.53. The molecule has 38 heavy (non-hydrogen) atoms. The number of hydrogen-bond acceptors (Lipinski definition) is 2. The van der Waals surface area contributed by atoms with Gasteiger partial charge >= 0.3 is 0 Å². The van der Waals surface area contributed by atoms with Crippen LogP contribution in [0.15, 0.2) is 60.8 Å². The molecule has 4 heteroatoms. The number of allylic oxidation sites excluding steroid dienone is 4. The summed E-state index contributed by atoms with van der Waals surface area (Å²) in [6, 6.07) is 10.6. The molecule has 1 aliphatic carbocycles. The molecule has 3 nitrogen and oxygen atoms in total. The van der Waals surface area contributed by atoms with Crippen LogP contribution in [0.2, 0.25) is 5.02 Å². The van der Waals surface area contributed by atoms with Crippen LogP contribution in [0, 0.1) is 17.3 Å². The van der Waals surface area contributed by atoms with Gasteiger partial charge in [-0.2, -0.15) is 0 Å². The molecule has 0 N–H and O–H groups in total. The molecular formula is C34H43ClN2O. The van der Waals surface area contributed by atoms with E-state index in [0.717, 1.165) is 49.5 Å². The van der Waals surface area contributed by atoms with Crippen LogP contribution in [0.5, 0.6) is 0 Å². The molecule has 1 amide bonds. The van der Waals surface area contributed by atoms with E-state index in [1.54, 1.807) is 0 Å². The lowest BCUT2D eigenvalue weighted by molar-refractivity contribution is -0.134. The highest BCUT2D eigenvalue weighted by Crippen LogP contribution is 2.45. The van der Waals surface area contributed by atoms with Crippen molar-refractivity contribution in [3.05, 3.63) is 88.2 Å². The normalized spacial score (nSPS) is 18.5. The number of rotatable bonds is 7. The monoisotopic (exact) mass is 530 g/mol. The zero-order valence-electron chi connectivity index (χ0n) is 23.8. The predicted octanol–water partition coefficient (Wildman–Crippen LogP) is 8.94. The van der Waals surface area contributed by atoms with Gasteiger partial charge in [0, 0.05) is 36.6 Å². The van der Waals surface area contributed by atoms with Crippen molar-refractivity contribution in [3.63, 3.8) is 0 Å². The van der Waals surface area contributed by atoms with Gasteiger partial charge in [-0.15, -0.1) is 6.58 Å². The van der Waals surface area contributed by atoms with Crippen LogP contribution >= 0.6 is 11.6 Å². The van der Waals surface area contributed by atoms with Crippen molar-refractivity contribution >= 4 is 29.2 Å². The highest BCUT2D eigenvalue weighted by atomic mass is 35.5. The van der Waals surface area contributed by atoms with Crippen molar-refractivity contribution in [2.24, 2.45) is 17.3 Å². The van der Waals surface area contributed by atoms with E-state index < -0.39 is 0 Å². The Morgan fingerprint density at radius 3 is 2.61 bits per heavy atom. The number of amides is 1. The molecule has 2 unspecified atom stereocenters. The summed E-state index contributed by atoms with van der Waals surface area (Å²) in [5.41, 5.74) is 7.54. The van der Waals surface area contributed by atoms with Crippen LogP contribution in [0.25, 0.3) is 11.6 Å². The average molecular weight is 531 g/mol. The Hall–Kier alpha value is -2.65. The minimum atomic E-state index is 0.00851. The van der Waals surface area contributed by atoms with Crippen molar-refractivity contribution in [3.8, 4) is 0 Å². The zero-order valence-corrected chi connectivity index (χ0v) is 24.5. The smallest absolute Gasteiger partial charge is 0.223 e. The molecule has 4 rings (SSSR count). The maximum Gasteiger partial charge on any atom is 0.223 e. The minimum absolute atomic E-state index is 0.00851. The van der Waals surface area contributed by atoms with Gasteiger partial charge < -0.3 is 4.90 Å². The molecule has 2 aliphatic rings. The van der Waals surface area contributed by atoms with Crippen LogP contribution in [-0.4, -0.2) is 28.9 Å². The molecule has 0 radical (unpaired) electrons. The minimum Gasteiger partial charge on any atom is -0.343 e. The average Bonchev–Trinajstić information content (AvgIpc) is 2.99. The van der Waals surface area contributed by atoms with E-state index >= 15 is 0 Å². The van der Waals surface area contributed by atoms with E-state index in [2.05, 4.69) is 88.6 Å². The second-order valence-corrected chi connectivity index (χ2v) is 12.9. The molecule has 2 aromatic rings. The van der Waals surface area contributed by atoms with Crippen molar-refractivity contribution in [1.29, 1.82) is 0 Å². The Balaban J connectivity index is 1.66. The summed E-state index contributed by atoms with van der Waals surface area (Å²) in [7, 11) is 0. The van der Waals surface area contributed by atoms with Gasteiger partial charge in [0.15, 0.2) is 0 Å². The number of hydrogen-bond donors (Lipinski definition) is 0. The second-order valence-electron chi connectivity index (χ2n) is 12.5. The Morgan fingerprint density at radius 1 is 1.21 bits per heavy atom. The molecule has 2 atom stereocenters. The molecule has 0 bridgehead atoms. The van der Waals surface area contributed by atoms with E-state index in [9.17, 15) is 4.79 Å². The number of halogens is 1. The maximum atomic E-state index is 12.9. The Kier molecular flexibility index (Phi) is 8.98. The highest BCUT2D eigenvalue weighted by Gasteiger charge is 2.35. The molecule has 0 spiro atoms. The van der Waals surface area contributed by atoms with Gasteiger partial charge in [0.2, 0.25) is 5.91 Å². The van der Waals surface area contributed by atoms with Gasteiger partial charge in [-0.25, -0.2) is 0 Å². The molecule has 202 valence electrons. The first-order valence-corrected chi connectivity index (χ1v) is 14.4. The Morgan fingerprint density at radius 2 is 1.95 bits per heavy atom. The van der Waals surface area contributed by atoms with E-state index in [-0.39, 0.29) is 17.2 Å². The highest BCUT2D eigenvalue weighted by molar-refractivity contribution is 6.30. The lowest BCUT2D eigenvalue weighted by Crippen LogP contribution is -2.41. The summed E-state index contributed by atoms with van der Waals surface area (Å²) in [6.45, 7) is 16.4. The van der Waals surface area contributed by atoms with Gasteiger partial charge in [0.25, 0.3) is 0 Å². The molecule has 1 aliphatic heterocycles. The SMILES string of the molecule is C=CC(C=C(C)C)CCC1=Cc2cc(Cl)ccc2C(C2CCN(C(=O)CC(C)(C)C)CC2)c2ncccc21. The Bertz CT molecular complexity index is 1220. The number of nitrogens with zero attached hydrogens (tertiary/aromatic N) is 2. The lowest BCUT2D eigenvalue weighted by atomic mass is 9.76. The molecule has 2 heterocycles. The number of carbonyl (C=O) groups is 1. The fourth-order valence-electron chi connectivity index (χ4n) is 6.05. The van der Waals surface area contributed by atoms with Crippen LogP contribution in [0.1, 0.15) is 95.0 Å². The molecule has 0 saturated carbocycles. The summed E-state index contributed by atoms with van der Waals surface area (Å²) < 4.78 is 0. The van der Waals surface area contributed by atoms with Gasteiger partial charge in [0.05, 0.1) is 5.69 Å². The first-order valence-electron chi connectivity index (χ1n) is 14.1. The summed E-state index contributed by atoms with van der Waals surface area (Å²) in [5.74, 6) is 1.22. The quantitative estimate of drug-likeness (QED) is 0.335. The third-order valence-corrected chi connectivity index (χ3v) is 8.07. The molecule has 1 aromatic carbocycles. The van der Waals surface area contributed by atoms with Crippen LogP contribution in [0.4, 0.5) is 0 Å². The largest absolute Gasteiger partial charge is 0.343 e. The van der Waals surface area contributed by atoms with Crippen molar-refractivity contribution in [2.45, 2.75) is 72.6 Å². The first kappa shape index (κ1) is 28.4. The summed E-state index contributed by atoms with van der Waals surface area (Å²) in [5, 5.41) is 0.758. The number of likely N-dealkylation sites (tertiary alicyclic amines) is 1. The number of aromatic nitrogens is 1. The fraction of sp³-hybridized carbons (Fsp3) is 0.471. The van der Waals surface area contributed by atoms with E-state index in [0.29, 0.717) is 18.3 Å². The third-order valence-electron chi connectivity index (χ3n) is 7.84. The third kappa shape index (κ3) is 6.86. The van der Waals surface area contributed by atoms with Crippen LogP contribution in [0.3, 0.4) is 0 Å². The van der Waals surface area contributed by atoms with Gasteiger partial charge in [-0.05, 0) is 97.2 Å². The van der Waals surface area contributed by atoms with Gasteiger partial charge in [-0.3, -0.25) is 9.78 Å². The van der Waals surface area contributed by atoms with Gasteiger partial charge in [0.1, 0.15) is 0 Å². The molecule has 1 fully saturated rings. The summed E-state index contributed by atoms with van der Waals surface area (Å²) in [6.07, 6.45) is 13.1. The summed E-state index contributed by atoms with van der Waals surface area (Å²) in [4.78, 5) is 20.0. The number of benzene rings is 1. The van der Waals surface area contributed by atoms with Crippen LogP contribution in [-0.2, 0) is 4.79 Å². The van der Waals surface area contributed by atoms with Gasteiger partial charge in [-0.1, -0.05) is 68.3 Å². The van der Waals surface area contributed by atoms with Crippen LogP contribution < -0.4 is 0 Å². The first-order chi connectivity index (χ1) is 18.1.